The third kappa shape index (κ3) is 5.27. The molecule has 0 atom stereocenters. The second-order valence-corrected chi connectivity index (χ2v) is 8.02. The van der Waals surface area contributed by atoms with Gasteiger partial charge in [-0.15, -0.1) is 11.3 Å². The van der Waals surface area contributed by atoms with Crippen molar-refractivity contribution >= 4 is 56.0 Å². The van der Waals surface area contributed by atoms with Crippen LogP contribution < -0.4 is 5.32 Å². The van der Waals surface area contributed by atoms with Crippen molar-refractivity contribution in [3.63, 3.8) is 0 Å². The zero-order valence-electron chi connectivity index (χ0n) is 13.9. The molecule has 27 heavy (non-hydrogen) atoms. The van der Waals surface area contributed by atoms with Crippen LogP contribution in [-0.4, -0.2) is 10.9 Å². The van der Waals surface area contributed by atoms with Gasteiger partial charge in [-0.2, -0.15) is 5.26 Å². The molecule has 0 aliphatic carbocycles. The molecule has 0 spiro atoms. The van der Waals surface area contributed by atoms with E-state index in [2.05, 4.69) is 26.2 Å². The smallest absolute Gasteiger partial charge is 0.268 e. The van der Waals surface area contributed by atoms with Crippen molar-refractivity contribution in [2.24, 2.45) is 0 Å². The summed E-state index contributed by atoms with van der Waals surface area (Å²) < 4.78 is 1.03. The van der Waals surface area contributed by atoms with Crippen LogP contribution >= 0.6 is 38.9 Å². The van der Waals surface area contributed by atoms with Gasteiger partial charge in [0.2, 0.25) is 0 Å². The van der Waals surface area contributed by atoms with Crippen LogP contribution in [0.1, 0.15) is 16.0 Å². The van der Waals surface area contributed by atoms with E-state index in [-0.39, 0.29) is 5.57 Å². The Morgan fingerprint density at radius 1 is 1.26 bits per heavy atom. The van der Waals surface area contributed by atoms with Crippen LogP contribution in [0, 0.1) is 11.3 Å². The number of carbonyl (C=O) groups is 1. The van der Waals surface area contributed by atoms with Crippen LogP contribution in [0.5, 0.6) is 0 Å². The van der Waals surface area contributed by atoms with Crippen LogP contribution in [0.3, 0.4) is 0 Å². The SMILES string of the molecule is N#C/C(=C/c1ccccc1Cl)C(=O)Nc1ncc(Cc2ccc(Br)cc2)s1. The third-order valence-corrected chi connectivity index (χ3v) is 5.42. The molecule has 134 valence electrons. The molecule has 0 aliphatic rings. The van der Waals surface area contributed by atoms with Gasteiger partial charge in [0.1, 0.15) is 11.6 Å². The normalized spacial score (nSPS) is 11.1. The van der Waals surface area contributed by atoms with Gasteiger partial charge in [-0.05, 0) is 35.4 Å². The second-order valence-electron chi connectivity index (χ2n) is 5.58. The molecule has 1 aromatic heterocycles. The van der Waals surface area contributed by atoms with Gasteiger partial charge in [-0.3, -0.25) is 10.1 Å². The van der Waals surface area contributed by atoms with Gasteiger partial charge >= 0.3 is 0 Å². The average Bonchev–Trinajstić information content (AvgIpc) is 3.09. The highest BCUT2D eigenvalue weighted by Gasteiger charge is 2.13. The van der Waals surface area contributed by atoms with Gasteiger partial charge < -0.3 is 0 Å². The van der Waals surface area contributed by atoms with Gasteiger partial charge in [0, 0.05) is 27.0 Å². The number of thiazole rings is 1. The zero-order chi connectivity index (χ0) is 19.2. The summed E-state index contributed by atoms with van der Waals surface area (Å²) in [5.41, 5.74) is 1.73. The van der Waals surface area contributed by atoms with Gasteiger partial charge in [-0.1, -0.05) is 57.9 Å². The molecular formula is C20H13BrClN3OS. The number of benzene rings is 2. The maximum absolute atomic E-state index is 12.4. The van der Waals surface area contributed by atoms with Gasteiger partial charge in [0.25, 0.3) is 5.91 Å². The fourth-order valence-corrected chi connectivity index (χ4v) is 3.61. The van der Waals surface area contributed by atoms with E-state index in [0.29, 0.717) is 15.7 Å². The van der Waals surface area contributed by atoms with E-state index in [0.717, 1.165) is 21.3 Å². The maximum Gasteiger partial charge on any atom is 0.268 e. The fraction of sp³-hybridized carbons (Fsp3) is 0.0500. The molecule has 0 saturated heterocycles. The molecule has 1 heterocycles. The van der Waals surface area contributed by atoms with Crippen LogP contribution in [0.25, 0.3) is 6.08 Å². The Labute approximate surface area is 174 Å². The number of nitrogens with one attached hydrogen (secondary N) is 1. The number of nitrogens with zero attached hydrogens (tertiary/aromatic N) is 2. The molecule has 4 nitrogen and oxygen atoms in total. The van der Waals surface area contributed by atoms with E-state index in [4.69, 9.17) is 11.6 Å². The summed E-state index contributed by atoms with van der Waals surface area (Å²) in [5, 5.41) is 12.9. The Balaban J connectivity index is 1.70. The lowest BCUT2D eigenvalue weighted by atomic mass is 10.1. The Hall–Kier alpha value is -2.46. The van der Waals surface area contributed by atoms with Crippen LogP contribution in [0.15, 0.2) is 64.8 Å². The fourth-order valence-electron chi connectivity index (χ4n) is 2.31. The summed E-state index contributed by atoms with van der Waals surface area (Å²) in [6.07, 6.45) is 3.92. The molecule has 0 fully saturated rings. The Bertz CT molecular complexity index is 1040. The number of aromatic nitrogens is 1. The van der Waals surface area contributed by atoms with Crippen LogP contribution in [-0.2, 0) is 11.2 Å². The van der Waals surface area contributed by atoms with Crippen molar-refractivity contribution in [3.8, 4) is 6.07 Å². The molecule has 7 heteroatoms. The van der Waals surface area contributed by atoms with Crippen molar-refractivity contribution in [1.82, 2.24) is 4.98 Å². The Kier molecular flexibility index (Phi) is 6.40. The number of carbonyl (C=O) groups excluding carboxylic acids is 1. The molecule has 0 unspecified atom stereocenters. The van der Waals surface area contributed by atoms with Crippen molar-refractivity contribution in [1.29, 1.82) is 5.26 Å². The molecule has 0 radical (unpaired) electrons. The first-order chi connectivity index (χ1) is 13.0. The van der Waals surface area contributed by atoms with E-state index >= 15 is 0 Å². The highest BCUT2D eigenvalue weighted by Crippen LogP contribution is 2.23. The number of amides is 1. The monoisotopic (exact) mass is 457 g/mol. The van der Waals surface area contributed by atoms with Crippen molar-refractivity contribution in [2.75, 3.05) is 5.32 Å². The summed E-state index contributed by atoms with van der Waals surface area (Å²) in [7, 11) is 0. The minimum Gasteiger partial charge on any atom is -0.297 e. The van der Waals surface area contributed by atoms with Gasteiger partial charge in [0.15, 0.2) is 5.13 Å². The first-order valence-electron chi connectivity index (χ1n) is 7.92. The van der Waals surface area contributed by atoms with E-state index < -0.39 is 5.91 Å². The molecule has 0 aliphatic heterocycles. The van der Waals surface area contributed by atoms with E-state index in [9.17, 15) is 10.1 Å². The van der Waals surface area contributed by atoms with Crippen molar-refractivity contribution in [3.05, 3.63) is 85.8 Å². The standard InChI is InChI=1S/C20H13BrClN3OS/c21-16-7-5-13(6-8-16)9-17-12-24-20(27-17)25-19(26)15(11-23)10-14-3-1-2-4-18(14)22/h1-8,10,12H,9H2,(H,24,25,26)/b15-10-. The van der Waals surface area contributed by atoms with Crippen LogP contribution in [0.2, 0.25) is 5.02 Å². The average molecular weight is 459 g/mol. The molecule has 3 rings (SSSR count). The molecule has 1 amide bonds. The molecule has 3 aromatic rings. The van der Waals surface area contributed by atoms with Gasteiger partial charge in [-0.25, -0.2) is 4.98 Å². The van der Waals surface area contributed by atoms with E-state index in [1.165, 1.54) is 17.4 Å². The predicted molar refractivity (Wildman–Crippen MR) is 113 cm³/mol. The molecule has 0 saturated carbocycles. The molecule has 2 aromatic carbocycles. The largest absolute Gasteiger partial charge is 0.297 e. The number of anilines is 1. The quantitative estimate of drug-likeness (QED) is 0.394. The summed E-state index contributed by atoms with van der Waals surface area (Å²) >= 11 is 10.9. The van der Waals surface area contributed by atoms with Crippen molar-refractivity contribution < 1.29 is 4.79 Å². The zero-order valence-corrected chi connectivity index (χ0v) is 17.1. The maximum atomic E-state index is 12.4. The van der Waals surface area contributed by atoms with Gasteiger partial charge in [0.05, 0.1) is 0 Å². The first-order valence-corrected chi connectivity index (χ1v) is 9.91. The first kappa shape index (κ1) is 19.3. The highest BCUT2D eigenvalue weighted by atomic mass is 79.9. The van der Waals surface area contributed by atoms with E-state index in [1.54, 1.807) is 30.5 Å². The van der Waals surface area contributed by atoms with Crippen LogP contribution in [0.4, 0.5) is 5.13 Å². The number of nitriles is 1. The molecule has 1 N–H and O–H groups in total. The number of halogens is 2. The number of rotatable bonds is 5. The minimum atomic E-state index is -0.512. The highest BCUT2D eigenvalue weighted by molar-refractivity contribution is 9.10. The summed E-state index contributed by atoms with van der Waals surface area (Å²) in [6.45, 7) is 0. The summed E-state index contributed by atoms with van der Waals surface area (Å²) in [4.78, 5) is 17.6. The second kappa shape index (κ2) is 8.96. The lowest BCUT2D eigenvalue weighted by Gasteiger charge is -2.01. The lowest BCUT2D eigenvalue weighted by molar-refractivity contribution is -0.112. The van der Waals surface area contributed by atoms with E-state index in [1.807, 2.05) is 30.3 Å². The van der Waals surface area contributed by atoms with Crippen molar-refractivity contribution in [2.45, 2.75) is 6.42 Å². The summed E-state index contributed by atoms with van der Waals surface area (Å²) in [5.74, 6) is -0.512. The lowest BCUT2D eigenvalue weighted by Crippen LogP contribution is -2.13. The summed E-state index contributed by atoms with van der Waals surface area (Å²) in [6, 6.07) is 17.0. The topological polar surface area (TPSA) is 65.8 Å². The Morgan fingerprint density at radius 3 is 2.70 bits per heavy atom. The number of hydrogen-bond donors (Lipinski definition) is 1. The predicted octanol–water partition coefficient (Wildman–Crippen LogP) is 5.70. The molecule has 0 bridgehead atoms. The number of hydrogen-bond acceptors (Lipinski definition) is 4. The minimum absolute atomic E-state index is 0.0345. The third-order valence-electron chi connectivity index (χ3n) is 3.64. The molecular weight excluding hydrogens is 446 g/mol. The Morgan fingerprint density at radius 2 is 2.00 bits per heavy atom.